The number of aliphatic carboxylic acids is 1. The van der Waals surface area contributed by atoms with Crippen LogP contribution in [0.4, 0.5) is 4.39 Å². The Kier molecular flexibility index (Phi) is 8.55. The van der Waals surface area contributed by atoms with E-state index in [1.807, 2.05) is 37.3 Å². The van der Waals surface area contributed by atoms with Gasteiger partial charge in [-0.2, -0.15) is 0 Å². The molecule has 38 heavy (non-hydrogen) atoms. The quantitative estimate of drug-likeness (QED) is 0.263. The number of halogens is 1. The van der Waals surface area contributed by atoms with Crippen molar-refractivity contribution >= 4 is 16.0 Å². The van der Waals surface area contributed by atoms with Crippen LogP contribution in [0, 0.1) is 12.7 Å². The van der Waals surface area contributed by atoms with E-state index in [-0.39, 0.29) is 24.3 Å². The normalized spacial score (nSPS) is 11.4. The average Bonchev–Trinajstić information content (AvgIpc) is 3.28. The van der Waals surface area contributed by atoms with Gasteiger partial charge in [0, 0.05) is 24.9 Å². The molecule has 3 aromatic carbocycles. The van der Waals surface area contributed by atoms with Crippen LogP contribution in [0.5, 0.6) is 5.75 Å². The summed E-state index contributed by atoms with van der Waals surface area (Å²) >= 11 is 0. The maximum Gasteiger partial charge on any atom is 0.303 e. The van der Waals surface area contributed by atoms with Gasteiger partial charge in [-0.15, -0.1) is 0 Å². The zero-order valence-corrected chi connectivity index (χ0v) is 21.5. The highest BCUT2D eigenvalue weighted by atomic mass is 32.2. The molecule has 0 saturated heterocycles. The highest BCUT2D eigenvalue weighted by molar-refractivity contribution is 7.89. The number of hydrogen-bond donors (Lipinski definition) is 2. The number of hydrogen-bond acceptors (Lipinski definition) is 6. The summed E-state index contributed by atoms with van der Waals surface area (Å²) in [4.78, 5) is 15.6. The van der Waals surface area contributed by atoms with Crippen molar-refractivity contribution in [2.45, 2.75) is 37.6 Å². The molecule has 2 N–H and O–H groups in total. The topological polar surface area (TPSA) is 119 Å². The lowest BCUT2D eigenvalue weighted by atomic mass is 10.0. The number of benzene rings is 3. The van der Waals surface area contributed by atoms with E-state index in [2.05, 4.69) is 9.71 Å². The van der Waals surface area contributed by atoms with Crippen LogP contribution in [0.25, 0.3) is 11.5 Å². The summed E-state index contributed by atoms with van der Waals surface area (Å²) in [5.74, 6) is 0.247. The van der Waals surface area contributed by atoms with Crippen molar-refractivity contribution in [3.8, 4) is 17.2 Å². The Hall–Kier alpha value is -4.02. The number of rotatable bonds is 12. The van der Waals surface area contributed by atoms with Gasteiger partial charge in [0.05, 0.1) is 17.2 Å². The van der Waals surface area contributed by atoms with Crippen molar-refractivity contribution in [1.82, 2.24) is 9.71 Å². The molecule has 0 amide bonds. The number of nitrogens with one attached hydrogen (secondary N) is 1. The highest BCUT2D eigenvalue weighted by Crippen LogP contribution is 2.23. The van der Waals surface area contributed by atoms with Gasteiger partial charge in [0.2, 0.25) is 15.9 Å². The van der Waals surface area contributed by atoms with Gasteiger partial charge in [0.15, 0.2) is 0 Å². The first kappa shape index (κ1) is 27.0. The number of sulfonamides is 1. The summed E-state index contributed by atoms with van der Waals surface area (Å²) in [7, 11) is -3.91. The fraction of sp³-hybridized carbons (Fsp3) is 0.214. The van der Waals surface area contributed by atoms with Gasteiger partial charge in [-0.3, -0.25) is 4.79 Å². The van der Waals surface area contributed by atoms with Crippen molar-refractivity contribution in [2.75, 3.05) is 6.61 Å². The molecule has 8 nitrogen and oxygen atoms in total. The zero-order valence-electron chi connectivity index (χ0n) is 20.7. The monoisotopic (exact) mass is 538 g/mol. The van der Waals surface area contributed by atoms with Gasteiger partial charge in [0.1, 0.15) is 17.3 Å². The molecule has 0 atom stereocenters. The molecule has 4 aromatic rings. The largest absolute Gasteiger partial charge is 0.493 e. The van der Waals surface area contributed by atoms with Crippen LogP contribution >= 0.6 is 0 Å². The number of aryl methyl sites for hydroxylation is 2. The number of carboxylic acid groups (broad SMARTS) is 1. The number of aromatic nitrogens is 1. The third kappa shape index (κ3) is 7.05. The Morgan fingerprint density at radius 2 is 1.76 bits per heavy atom. The number of nitrogens with zero attached hydrogens (tertiary/aromatic N) is 1. The minimum atomic E-state index is -3.91. The van der Waals surface area contributed by atoms with Crippen LogP contribution in [0.15, 0.2) is 82.1 Å². The Bertz CT molecular complexity index is 1500. The van der Waals surface area contributed by atoms with E-state index in [0.29, 0.717) is 41.6 Å². The lowest BCUT2D eigenvalue weighted by Crippen LogP contribution is -2.24. The summed E-state index contributed by atoms with van der Waals surface area (Å²) in [6.07, 6.45) is 0.617. The smallest absolute Gasteiger partial charge is 0.303 e. The molecule has 198 valence electrons. The maximum absolute atomic E-state index is 13.2. The van der Waals surface area contributed by atoms with E-state index < -0.39 is 21.8 Å². The lowest BCUT2D eigenvalue weighted by molar-refractivity contribution is -0.136. The molecule has 0 bridgehead atoms. The summed E-state index contributed by atoms with van der Waals surface area (Å²) in [6.45, 7) is 2.06. The molecule has 0 fully saturated rings. The summed E-state index contributed by atoms with van der Waals surface area (Å²) in [5.41, 5.74) is 2.92. The highest BCUT2D eigenvalue weighted by Gasteiger charge is 2.16. The second-order valence-corrected chi connectivity index (χ2v) is 10.4. The standard InChI is InChI=1S/C28H27FN2O6S/c1-19-26(31-28(37-19)21-5-3-2-4-6-21)15-16-36-24-11-7-20(8-14-27(32)33)22(17-24)18-30-38(34,35)25-12-9-23(29)10-13-25/h2-7,9-13,17,30H,8,14-16,18H2,1H3,(H,32,33). The second kappa shape index (κ2) is 12.0. The molecule has 0 aliphatic carbocycles. The number of carboxylic acids is 1. The average molecular weight is 539 g/mol. The predicted octanol–water partition coefficient (Wildman–Crippen LogP) is 4.91. The predicted molar refractivity (Wildman–Crippen MR) is 139 cm³/mol. The van der Waals surface area contributed by atoms with Gasteiger partial charge in [-0.05, 0) is 73.0 Å². The fourth-order valence-electron chi connectivity index (χ4n) is 3.84. The Morgan fingerprint density at radius 3 is 2.47 bits per heavy atom. The van der Waals surface area contributed by atoms with Gasteiger partial charge in [0.25, 0.3) is 0 Å². The van der Waals surface area contributed by atoms with Crippen LogP contribution in [-0.4, -0.2) is 31.1 Å². The molecule has 1 heterocycles. The Morgan fingerprint density at radius 1 is 1.03 bits per heavy atom. The fourth-order valence-corrected chi connectivity index (χ4v) is 4.85. The molecule has 0 aliphatic rings. The van der Waals surface area contributed by atoms with Gasteiger partial charge >= 0.3 is 5.97 Å². The van der Waals surface area contributed by atoms with Crippen LogP contribution in [0.2, 0.25) is 0 Å². The van der Waals surface area contributed by atoms with Crippen molar-refractivity contribution in [3.05, 3.63) is 101 Å². The first-order chi connectivity index (χ1) is 18.2. The van der Waals surface area contributed by atoms with Gasteiger partial charge < -0.3 is 14.3 Å². The zero-order chi connectivity index (χ0) is 27.1. The van der Waals surface area contributed by atoms with E-state index in [4.69, 9.17) is 14.3 Å². The number of oxazole rings is 1. The van der Waals surface area contributed by atoms with E-state index in [1.165, 1.54) is 12.1 Å². The van der Waals surface area contributed by atoms with E-state index >= 15 is 0 Å². The minimum Gasteiger partial charge on any atom is -0.493 e. The molecule has 10 heteroatoms. The SMILES string of the molecule is Cc1oc(-c2ccccc2)nc1CCOc1ccc(CCC(=O)O)c(CNS(=O)(=O)c2ccc(F)cc2)c1. The molecule has 0 radical (unpaired) electrons. The van der Waals surface area contributed by atoms with Crippen molar-refractivity contribution < 1.29 is 31.9 Å². The number of ether oxygens (including phenoxy) is 1. The van der Waals surface area contributed by atoms with Crippen LogP contribution in [0.3, 0.4) is 0 Å². The third-order valence-corrected chi connectivity index (χ3v) is 7.30. The van der Waals surface area contributed by atoms with Gasteiger partial charge in [-0.1, -0.05) is 24.3 Å². The second-order valence-electron chi connectivity index (χ2n) is 8.59. The third-order valence-electron chi connectivity index (χ3n) is 5.88. The van der Waals surface area contributed by atoms with E-state index in [1.54, 1.807) is 18.2 Å². The molecule has 0 unspecified atom stereocenters. The van der Waals surface area contributed by atoms with Crippen LogP contribution in [-0.2, 0) is 34.2 Å². The summed E-state index contributed by atoms with van der Waals surface area (Å²) in [5, 5.41) is 9.09. The maximum atomic E-state index is 13.2. The molecule has 0 saturated carbocycles. The molecule has 4 rings (SSSR count). The van der Waals surface area contributed by atoms with Crippen LogP contribution < -0.4 is 9.46 Å². The van der Waals surface area contributed by atoms with E-state index in [9.17, 15) is 17.6 Å². The Labute approximate surface area is 220 Å². The van der Waals surface area contributed by atoms with Crippen molar-refractivity contribution in [2.24, 2.45) is 0 Å². The molecule has 1 aromatic heterocycles. The first-order valence-corrected chi connectivity index (χ1v) is 13.4. The summed E-state index contributed by atoms with van der Waals surface area (Å²) in [6, 6.07) is 19.2. The number of carbonyl (C=O) groups is 1. The summed E-state index contributed by atoms with van der Waals surface area (Å²) < 4.78 is 52.7. The first-order valence-electron chi connectivity index (χ1n) is 11.9. The van der Waals surface area contributed by atoms with Crippen molar-refractivity contribution in [1.29, 1.82) is 0 Å². The minimum absolute atomic E-state index is 0.0729. The van der Waals surface area contributed by atoms with Gasteiger partial charge in [-0.25, -0.2) is 22.5 Å². The van der Waals surface area contributed by atoms with E-state index in [0.717, 1.165) is 23.4 Å². The molecular weight excluding hydrogens is 511 g/mol. The lowest BCUT2D eigenvalue weighted by Gasteiger charge is -2.14. The molecular formula is C28H27FN2O6S. The van der Waals surface area contributed by atoms with Crippen LogP contribution in [0.1, 0.15) is 29.0 Å². The molecule has 0 spiro atoms. The van der Waals surface area contributed by atoms with Crippen molar-refractivity contribution in [3.63, 3.8) is 0 Å². The molecule has 0 aliphatic heterocycles. The Balaban J connectivity index is 1.44.